The fourth-order valence-corrected chi connectivity index (χ4v) is 2.46. The number of anilines is 1. The number of carbonyl (C=O) groups excluding carboxylic acids is 1. The number of aromatic nitrogens is 2. The second kappa shape index (κ2) is 7.53. The molecule has 0 fully saturated rings. The molecule has 1 unspecified atom stereocenters. The number of esters is 1. The van der Waals surface area contributed by atoms with E-state index < -0.39 is 5.97 Å². The zero-order chi connectivity index (χ0) is 17.0. The first-order valence-electron chi connectivity index (χ1n) is 7.08. The van der Waals surface area contributed by atoms with Crippen LogP contribution in [-0.4, -0.2) is 22.4 Å². The van der Waals surface area contributed by atoms with Gasteiger partial charge < -0.3 is 10.5 Å². The standard InChI is InChI=1S/C16H17Cl2N3O2/c1-3-23-16(22)13-9-15(19)21(20-13)14(18)8-10(2)11-4-6-12(17)7-5-11/h4-10H,3,19H2,1-2H3/b14-8-. The maximum Gasteiger partial charge on any atom is 0.358 e. The average molecular weight is 354 g/mol. The number of carbonyl (C=O) groups is 1. The Morgan fingerprint density at radius 1 is 1.43 bits per heavy atom. The summed E-state index contributed by atoms with van der Waals surface area (Å²) in [6.45, 7) is 3.97. The molecule has 0 saturated heterocycles. The number of rotatable bonds is 5. The van der Waals surface area contributed by atoms with E-state index in [2.05, 4.69) is 5.10 Å². The van der Waals surface area contributed by atoms with Crippen LogP contribution >= 0.6 is 23.2 Å². The number of nitrogens with two attached hydrogens (primary N) is 1. The molecular formula is C16H17Cl2N3O2. The predicted molar refractivity (Wildman–Crippen MR) is 92.6 cm³/mol. The highest BCUT2D eigenvalue weighted by molar-refractivity contribution is 6.45. The fraction of sp³-hybridized carbons (Fsp3) is 0.250. The Labute approximate surface area is 144 Å². The smallest absolute Gasteiger partial charge is 0.358 e. The minimum Gasteiger partial charge on any atom is -0.461 e. The number of nitrogens with zero attached hydrogens (tertiary/aromatic N) is 2. The van der Waals surface area contributed by atoms with Crippen molar-refractivity contribution in [3.05, 3.63) is 52.7 Å². The molecule has 23 heavy (non-hydrogen) atoms. The van der Waals surface area contributed by atoms with Crippen molar-refractivity contribution in [3.8, 4) is 0 Å². The summed E-state index contributed by atoms with van der Waals surface area (Å²) in [7, 11) is 0. The van der Waals surface area contributed by atoms with E-state index in [9.17, 15) is 4.79 Å². The van der Waals surface area contributed by atoms with Gasteiger partial charge in [0.1, 0.15) is 11.0 Å². The number of halogens is 2. The summed E-state index contributed by atoms with van der Waals surface area (Å²) in [6.07, 6.45) is 1.79. The second-order valence-corrected chi connectivity index (χ2v) is 5.74. The first-order valence-corrected chi connectivity index (χ1v) is 7.83. The number of allylic oxidation sites excluding steroid dienone is 1. The molecule has 2 aromatic rings. The number of nitrogen functional groups attached to an aromatic ring is 1. The van der Waals surface area contributed by atoms with Gasteiger partial charge in [-0.1, -0.05) is 42.3 Å². The van der Waals surface area contributed by atoms with Crippen LogP contribution in [-0.2, 0) is 4.74 Å². The van der Waals surface area contributed by atoms with Gasteiger partial charge in [-0.25, -0.2) is 9.48 Å². The molecule has 0 aliphatic heterocycles. The molecule has 0 spiro atoms. The topological polar surface area (TPSA) is 70.1 Å². The molecule has 1 aromatic carbocycles. The molecule has 0 bridgehead atoms. The molecule has 1 aromatic heterocycles. The molecule has 0 radical (unpaired) electrons. The quantitative estimate of drug-likeness (QED) is 0.820. The Kier molecular flexibility index (Phi) is 5.69. The van der Waals surface area contributed by atoms with Crippen molar-refractivity contribution in [2.45, 2.75) is 19.8 Å². The van der Waals surface area contributed by atoms with E-state index in [0.717, 1.165) is 5.56 Å². The van der Waals surface area contributed by atoms with Crippen LogP contribution in [0.4, 0.5) is 5.82 Å². The summed E-state index contributed by atoms with van der Waals surface area (Å²) in [6, 6.07) is 8.90. The van der Waals surface area contributed by atoms with Gasteiger partial charge in [0.25, 0.3) is 0 Å². The van der Waals surface area contributed by atoms with Crippen LogP contribution < -0.4 is 5.73 Å². The van der Waals surface area contributed by atoms with Crippen molar-refractivity contribution in [1.82, 2.24) is 9.78 Å². The van der Waals surface area contributed by atoms with E-state index in [1.165, 1.54) is 10.7 Å². The largest absolute Gasteiger partial charge is 0.461 e. The molecule has 0 aliphatic carbocycles. The van der Waals surface area contributed by atoms with Crippen molar-refractivity contribution in [1.29, 1.82) is 0 Å². The Morgan fingerprint density at radius 2 is 2.09 bits per heavy atom. The van der Waals surface area contributed by atoms with Crippen molar-refractivity contribution >= 4 is 40.1 Å². The van der Waals surface area contributed by atoms with Crippen molar-refractivity contribution in [2.24, 2.45) is 0 Å². The summed E-state index contributed by atoms with van der Waals surface area (Å²) < 4.78 is 6.20. The SMILES string of the molecule is CCOC(=O)c1cc(N)n(/C(Cl)=C\C(C)c2ccc(Cl)cc2)n1. The monoisotopic (exact) mass is 353 g/mol. The lowest BCUT2D eigenvalue weighted by Gasteiger charge is -2.09. The molecule has 0 aliphatic rings. The normalized spacial score (nSPS) is 13.0. The van der Waals surface area contributed by atoms with Gasteiger partial charge in [0, 0.05) is 17.0 Å². The highest BCUT2D eigenvalue weighted by Gasteiger charge is 2.16. The average Bonchev–Trinajstić information content (AvgIpc) is 2.90. The van der Waals surface area contributed by atoms with E-state index in [4.69, 9.17) is 33.7 Å². The number of ether oxygens (including phenoxy) is 1. The molecule has 0 saturated carbocycles. The van der Waals surface area contributed by atoms with Crippen LogP contribution in [0.5, 0.6) is 0 Å². The summed E-state index contributed by atoms with van der Waals surface area (Å²) in [5, 5.41) is 5.06. The first-order chi connectivity index (χ1) is 10.9. The van der Waals surface area contributed by atoms with Gasteiger partial charge in [-0.2, -0.15) is 5.10 Å². The van der Waals surface area contributed by atoms with E-state index in [1.807, 2.05) is 31.2 Å². The Morgan fingerprint density at radius 3 is 2.70 bits per heavy atom. The van der Waals surface area contributed by atoms with Crippen LogP contribution in [0, 0.1) is 0 Å². The van der Waals surface area contributed by atoms with Crippen molar-refractivity contribution in [3.63, 3.8) is 0 Å². The molecule has 2 rings (SSSR count). The number of benzene rings is 1. The third-order valence-electron chi connectivity index (χ3n) is 3.21. The summed E-state index contributed by atoms with van der Waals surface area (Å²) in [5.41, 5.74) is 7.03. The minimum atomic E-state index is -0.534. The molecule has 2 N–H and O–H groups in total. The van der Waals surface area contributed by atoms with Gasteiger partial charge >= 0.3 is 5.97 Å². The zero-order valence-electron chi connectivity index (χ0n) is 12.8. The Bertz CT molecular complexity index is 723. The third-order valence-corrected chi connectivity index (χ3v) is 3.75. The van der Waals surface area contributed by atoms with Gasteiger partial charge in [-0.15, -0.1) is 0 Å². The second-order valence-electron chi connectivity index (χ2n) is 4.92. The third kappa shape index (κ3) is 4.27. The van der Waals surface area contributed by atoms with Crippen LogP contribution in [0.3, 0.4) is 0 Å². The molecule has 7 heteroatoms. The first kappa shape index (κ1) is 17.4. The predicted octanol–water partition coefficient (Wildman–Crippen LogP) is 4.14. The maximum absolute atomic E-state index is 11.7. The van der Waals surface area contributed by atoms with Gasteiger partial charge in [0.2, 0.25) is 0 Å². The molecule has 122 valence electrons. The van der Waals surface area contributed by atoms with Gasteiger partial charge in [0.15, 0.2) is 5.69 Å². The van der Waals surface area contributed by atoms with Gasteiger partial charge in [-0.05, 0) is 30.7 Å². The Hall–Kier alpha value is -1.98. The fourth-order valence-electron chi connectivity index (χ4n) is 2.01. The van der Waals surface area contributed by atoms with Crippen molar-refractivity contribution in [2.75, 3.05) is 12.3 Å². The van der Waals surface area contributed by atoms with Crippen LogP contribution in [0.25, 0.3) is 5.16 Å². The highest BCUT2D eigenvalue weighted by atomic mass is 35.5. The van der Waals surface area contributed by atoms with Crippen LogP contribution in [0.1, 0.15) is 35.8 Å². The molecule has 1 atom stereocenters. The molecule has 5 nitrogen and oxygen atoms in total. The maximum atomic E-state index is 11.7. The van der Waals surface area contributed by atoms with E-state index in [0.29, 0.717) is 10.2 Å². The summed E-state index contributed by atoms with van der Waals surface area (Å²) in [5.74, 6) is -0.250. The lowest BCUT2D eigenvalue weighted by Crippen LogP contribution is -2.07. The van der Waals surface area contributed by atoms with Crippen molar-refractivity contribution < 1.29 is 9.53 Å². The highest BCUT2D eigenvalue weighted by Crippen LogP contribution is 2.25. The summed E-state index contributed by atoms with van der Waals surface area (Å²) >= 11 is 12.2. The molecule has 0 amide bonds. The Balaban J connectivity index is 2.23. The number of hydrogen-bond donors (Lipinski definition) is 1. The van der Waals surface area contributed by atoms with Crippen LogP contribution in [0.15, 0.2) is 36.4 Å². The van der Waals surface area contributed by atoms with E-state index in [1.54, 1.807) is 13.0 Å². The molecular weight excluding hydrogens is 337 g/mol. The van der Waals surface area contributed by atoms with E-state index in [-0.39, 0.29) is 24.0 Å². The lowest BCUT2D eigenvalue weighted by molar-refractivity contribution is 0.0519. The van der Waals surface area contributed by atoms with Gasteiger partial charge in [-0.3, -0.25) is 0 Å². The zero-order valence-corrected chi connectivity index (χ0v) is 14.3. The minimum absolute atomic E-state index is 0.0226. The van der Waals surface area contributed by atoms with E-state index >= 15 is 0 Å². The van der Waals surface area contributed by atoms with Gasteiger partial charge in [0.05, 0.1) is 6.61 Å². The van der Waals surface area contributed by atoms with Crippen LogP contribution in [0.2, 0.25) is 5.02 Å². The number of hydrogen-bond acceptors (Lipinski definition) is 4. The summed E-state index contributed by atoms with van der Waals surface area (Å²) in [4.78, 5) is 11.7. The molecule has 1 heterocycles. The lowest BCUT2D eigenvalue weighted by atomic mass is 10.0.